The smallest absolute Gasteiger partial charge is 0.231 e. The first-order valence-corrected chi connectivity index (χ1v) is 6.97. The third kappa shape index (κ3) is 2.34. The molecule has 5 heteroatoms. The zero-order valence-corrected chi connectivity index (χ0v) is 12.5. The second kappa shape index (κ2) is 5.34. The summed E-state index contributed by atoms with van der Waals surface area (Å²) in [4.78, 5) is 0. The van der Waals surface area contributed by atoms with E-state index in [1.54, 1.807) is 7.11 Å². The maximum absolute atomic E-state index is 6.31. The van der Waals surface area contributed by atoms with Gasteiger partial charge in [-0.15, -0.1) is 0 Å². The summed E-state index contributed by atoms with van der Waals surface area (Å²) in [6.07, 6.45) is 0. The first-order chi connectivity index (χ1) is 9.69. The van der Waals surface area contributed by atoms with Crippen LogP contribution in [0.2, 0.25) is 0 Å². The molecule has 0 fully saturated rings. The lowest BCUT2D eigenvalue weighted by Crippen LogP contribution is -2.11. The van der Waals surface area contributed by atoms with Gasteiger partial charge in [-0.3, -0.25) is 0 Å². The number of hydrogen-bond acceptors (Lipinski definition) is 4. The number of methoxy groups -OCH3 is 1. The lowest BCUT2D eigenvalue weighted by atomic mass is 9.99. The van der Waals surface area contributed by atoms with E-state index in [-0.39, 0.29) is 12.8 Å². The summed E-state index contributed by atoms with van der Waals surface area (Å²) in [5, 5.41) is 0. The molecule has 2 N–H and O–H groups in total. The topological polar surface area (TPSA) is 53.7 Å². The predicted molar refractivity (Wildman–Crippen MR) is 79.3 cm³/mol. The fourth-order valence-corrected chi connectivity index (χ4v) is 2.73. The van der Waals surface area contributed by atoms with Crippen LogP contribution in [0.1, 0.15) is 17.2 Å². The fraction of sp³-hybridized carbons (Fsp3) is 0.200. The molecule has 0 aromatic heterocycles. The Morgan fingerprint density at radius 3 is 2.55 bits per heavy atom. The van der Waals surface area contributed by atoms with Crippen LogP contribution in [0, 0.1) is 0 Å². The molecule has 2 aromatic carbocycles. The van der Waals surface area contributed by atoms with Crippen molar-refractivity contribution >= 4 is 15.9 Å². The number of hydrogen-bond donors (Lipinski definition) is 1. The highest BCUT2D eigenvalue weighted by Gasteiger charge is 2.17. The first kappa shape index (κ1) is 13.3. The fourth-order valence-electron chi connectivity index (χ4n) is 2.18. The lowest BCUT2D eigenvalue weighted by Gasteiger charge is -2.14. The molecule has 3 rings (SSSR count). The molecular weight excluding hydrogens is 322 g/mol. The molecule has 1 aliphatic heterocycles. The second-order valence-electron chi connectivity index (χ2n) is 4.48. The average molecular weight is 336 g/mol. The van der Waals surface area contributed by atoms with Gasteiger partial charge in [0.05, 0.1) is 17.6 Å². The number of benzene rings is 2. The van der Waals surface area contributed by atoms with Gasteiger partial charge >= 0.3 is 0 Å². The Hall–Kier alpha value is -1.72. The van der Waals surface area contributed by atoms with E-state index < -0.39 is 0 Å². The molecule has 0 saturated heterocycles. The van der Waals surface area contributed by atoms with Crippen LogP contribution in [-0.4, -0.2) is 13.9 Å². The highest BCUT2D eigenvalue weighted by molar-refractivity contribution is 9.10. The summed E-state index contributed by atoms with van der Waals surface area (Å²) >= 11 is 3.47. The van der Waals surface area contributed by atoms with Gasteiger partial charge in [0.1, 0.15) is 5.75 Å². The molecule has 1 aliphatic rings. The molecule has 0 bridgehead atoms. The largest absolute Gasteiger partial charge is 0.496 e. The monoisotopic (exact) mass is 335 g/mol. The van der Waals surface area contributed by atoms with Crippen molar-refractivity contribution in [3.8, 4) is 17.2 Å². The minimum atomic E-state index is -0.230. The van der Waals surface area contributed by atoms with E-state index in [1.165, 1.54) is 0 Å². The average Bonchev–Trinajstić information content (AvgIpc) is 2.93. The Labute approximate surface area is 125 Å². The Balaban J connectivity index is 1.92. The molecule has 1 heterocycles. The highest BCUT2D eigenvalue weighted by atomic mass is 79.9. The quantitative estimate of drug-likeness (QED) is 0.935. The van der Waals surface area contributed by atoms with Crippen LogP contribution in [0.3, 0.4) is 0 Å². The van der Waals surface area contributed by atoms with E-state index in [4.69, 9.17) is 19.9 Å². The maximum Gasteiger partial charge on any atom is 0.231 e. The molecule has 1 unspecified atom stereocenters. The summed E-state index contributed by atoms with van der Waals surface area (Å²) in [5.41, 5.74) is 8.29. The van der Waals surface area contributed by atoms with Crippen molar-refractivity contribution in [2.75, 3.05) is 13.9 Å². The van der Waals surface area contributed by atoms with Crippen molar-refractivity contribution in [2.24, 2.45) is 5.73 Å². The van der Waals surface area contributed by atoms with Crippen LogP contribution in [0.4, 0.5) is 0 Å². The minimum absolute atomic E-state index is 0.230. The van der Waals surface area contributed by atoms with Crippen molar-refractivity contribution in [3.05, 3.63) is 52.0 Å². The van der Waals surface area contributed by atoms with E-state index in [0.29, 0.717) is 0 Å². The molecule has 104 valence electrons. The zero-order chi connectivity index (χ0) is 14.1. The molecule has 0 amide bonds. The van der Waals surface area contributed by atoms with Gasteiger partial charge in [0.2, 0.25) is 6.79 Å². The molecule has 4 nitrogen and oxygen atoms in total. The van der Waals surface area contributed by atoms with Crippen LogP contribution < -0.4 is 19.9 Å². The Morgan fingerprint density at radius 1 is 1.10 bits per heavy atom. The van der Waals surface area contributed by atoms with E-state index in [9.17, 15) is 0 Å². The SMILES string of the molecule is COc1ccc(C(N)c2ccc3c(c2)OCO3)cc1Br. The second-order valence-corrected chi connectivity index (χ2v) is 5.34. The van der Waals surface area contributed by atoms with Gasteiger partial charge < -0.3 is 19.9 Å². The Morgan fingerprint density at radius 2 is 1.80 bits per heavy atom. The number of halogens is 1. The molecule has 1 atom stereocenters. The van der Waals surface area contributed by atoms with Gasteiger partial charge in [-0.05, 0) is 51.3 Å². The molecule has 0 saturated carbocycles. The summed E-state index contributed by atoms with van der Waals surface area (Å²) in [7, 11) is 1.64. The number of rotatable bonds is 3. The van der Waals surface area contributed by atoms with Gasteiger partial charge in [0.25, 0.3) is 0 Å². The van der Waals surface area contributed by atoms with Gasteiger partial charge in [-0.1, -0.05) is 12.1 Å². The highest BCUT2D eigenvalue weighted by Crippen LogP contribution is 2.36. The maximum atomic E-state index is 6.31. The van der Waals surface area contributed by atoms with Crippen molar-refractivity contribution in [1.82, 2.24) is 0 Å². The number of fused-ring (bicyclic) bond motifs is 1. The molecule has 0 radical (unpaired) electrons. The lowest BCUT2D eigenvalue weighted by molar-refractivity contribution is 0.174. The van der Waals surface area contributed by atoms with Gasteiger partial charge in [-0.25, -0.2) is 0 Å². The van der Waals surface area contributed by atoms with Crippen molar-refractivity contribution < 1.29 is 14.2 Å². The molecule has 0 aliphatic carbocycles. The summed E-state index contributed by atoms with van der Waals surface area (Å²) in [6.45, 7) is 0.266. The summed E-state index contributed by atoms with van der Waals surface area (Å²) < 4.78 is 16.8. The van der Waals surface area contributed by atoms with Crippen LogP contribution in [0.5, 0.6) is 17.2 Å². The van der Waals surface area contributed by atoms with Crippen molar-refractivity contribution in [3.63, 3.8) is 0 Å². The van der Waals surface area contributed by atoms with E-state index in [0.717, 1.165) is 32.8 Å². The third-order valence-corrected chi connectivity index (χ3v) is 3.91. The molecule has 0 spiro atoms. The van der Waals surface area contributed by atoms with Gasteiger partial charge in [0.15, 0.2) is 11.5 Å². The zero-order valence-electron chi connectivity index (χ0n) is 10.9. The third-order valence-electron chi connectivity index (χ3n) is 3.29. The predicted octanol–water partition coefficient (Wildman–Crippen LogP) is 3.23. The van der Waals surface area contributed by atoms with Crippen LogP contribution >= 0.6 is 15.9 Å². The summed E-state index contributed by atoms with van der Waals surface area (Å²) in [5.74, 6) is 2.29. The van der Waals surface area contributed by atoms with Gasteiger partial charge in [0, 0.05) is 0 Å². The Bertz CT molecular complexity index is 645. The van der Waals surface area contributed by atoms with Crippen LogP contribution in [-0.2, 0) is 0 Å². The molecule has 2 aromatic rings. The van der Waals surface area contributed by atoms with E-state index in [1.807, 2.05) is 36.4 Å². The van der Waals surface area contributed by atoms with Crippen molar-refractivity contribution in [2.45, 2.75) is 6.04 Å². The van der Waals surface area contributed by atoms with E-state index in [2.05, 4.69) is 15.9 Å². The van der Waals surface area contributed by atoms with Gasteiger partial charge in [-0.2, -0.15) is 0 Å². The van der Waals surface area contributed by atoms with E-state index >= 15 is 0 Å². The van der Waals surface area contributed by atoms with Crippen LogP contribution in [0.25, 0.3) is 0 Å². The number of nitrogens with two attached hydrogens (primary N) is 1. The first-order valence-electron chi connectivity index (χ1n) is 6.17. The van der Waals surface area contributed by atoms with Crippen molar-refractivity contribution in [1.29, 1.82) is 0 Å². The standard InChI is InChI=1S/C15H14BrNO3/c1-18-12-4-2-9(6-11(12)16)15(17)10-3-5-13-14(7-10)20-8-19-13/h2-7,15H,8,17H2,1H3. The Kier molecular flexibility index (Phi) is 3.54. The number of ether oxygens (including phenoxy) is 3. The van der Waals surface area contributed by atoms with Crippen LogP contribution in [0.15, 0.2) is 40.9 Å². The molecular formula is C15H14BrNO3. The minimum Gasteiger partial charge on any atom is -0.496 e. The molecule has 20 heavy (non-hydrogen) atoms. The summed E-state index contributed by atoms with van der Waals surface area (Å²) in [6, 6.07) is 11.4. The normalized spacial score (nSPS) is 14.2.